The molecule has 75 heavy (non-hydrogen) atoms. The summed E-state index contributed by atoms with van der Waals surface area (Å²) in [7, 11) is 0. The molecule has 0 radical (unpaired) electrons. The molecule has 7 nitrogen and oxygen atoms in total. The van der Waals surface area contributed by atoms with Crippen molar-refractivity contribution in [2.75, 3.05) is 14.7 Å². The molecular formula is C68H89N7. The van der Waals surface area contributed by atoms with Crippen LogP contribution in [0.25, 0.3) is 0 Å². The van der Waals surface area contributed by atoms with E-state index < -0.39 is 0 Å². The maximum atomic E-state index is 5.78. The van der Waals surface area contributed by atoms with Gasteiger partial charge < -0.3 is 0 Å². The van der Waals surface area contributed by atoms with E-state index in [1.807, 2.05) is 0 Å². The maximum Gasteiger partial charge on any atom is 0.143 e. The average molecular weight is 1000 g/mol. The molecule has 4 aromatic heterocycles. The van der Waals surface area contributed by atoms with E-state index in [0.717, 1.165) is 110 Å². The van der Waals surface area contributed by atoms with E-state index >= 15 is 0 Å². The van der Waals surface area contributed by atoms with Crippen LogP contribution in [0.1, 0.15) is 190 Å². The van der Waals surface area contributed by atoms with Gasteiger partial charge in [0.1, 0.15) is 29.1 Å². The van der Waals surface area contributed by atoms with E-state index in [1.165, 1.54) is 130 Å². The van der Waals surface area contributed by atoms with Gasteiger partial charge in [-0.05, 0) is 165 Å². The molecule has 0 unspecified atom stereocenters. The lowest BCUT2D eigenvalue weighted by Gasteiger charge is -2.31. The molecule has 396 valence electrons. The van der Waals surface area contributed by atoms with Gasteiger partial charge in [-0.15, -0.1) is 0 Å². The van der Waals surface area contributed by atoms with Gasteiger partial charge in [0.15, 0.2) is 0 Å². The Hall–Kier alpha value is -6.34. The van der Waals surface area contributed by atoms with Gasteiger partial charge in [-0.25, -0.2) is 19.9 Å². The minimum atomic E-state index is 0.752. The summed E-state index contributed by atoms with van der Waals surface area (Å²) in [5.74, 6) is 3.99. The number of pyridine rings is 4. The van der Waals surface area contributed by atoms with Crippen molar-refractivity contribution >= 4 is 51.8 Å². The van der Waals surface area contributed by atoms with Crippen LogP contribution in [0.2, 0.25) is 0 Å². The van der Waals surface area contributed by atoms with Crippen LogP contribution in [0.4, 0.5) is 51.8 Å². The Bertz CT molecular complexity index is 2190. The van der Waals surface area contributed by atoms with Gasteiger partial charge in [-0.3, -0.25) is 14.7 Å². The van der Waals surface area contributed by atoms with Gasteiger partial charge in [0.2, 0.25) is 0 Å². The van der Waals surface area contributed by atoms with Crippen LogP contribution in [0.3, 0.4) is 0 Å². The lowest BCUT2D eigenvalue weighted by molar-refractivity contribution is 0.716. The Morgan fingerprint density at radius 3 is 0.773 bits per heavy atom. The summed E-state index contributed by atoms with van der Waals surface area (Å²) in [6, 6.07) is 45.2. The van der Waals surface area contributed by atoms with Crippen LogP contribution in [0.5, 0.6) is 0 Å². The van der Waals surface area contributed by atoms with Crippen LogP contribution in [-0.2, 0) is 38.5 Å². The number of hydrogen-bond donors (Lipinski definition) is 0. The van der Waals surface area contributed by atoms with Crippen molar-refractivity contribution in [1.29, 1.82) is 0 Å². The number of hydrogen-bond acceptors (Lipinski definition) is 7. The molecule has 7 rings (SSSR count). The summed E-state index contributed by atoms with van der Waals surface area (Å²) >= 11 is 0. The third kappa shape index (κ3) is 16.8. The van der Waals surface area contributed by atoms with Gasteiger partial charge in [-0.2, -0.15) is 0 Å². The van der Waals surface area contributed by atoms with E-state index in [2.05, 4.69) is 196 Å². The van der Waals surface area contributed by atoms with Crippen molar-refractivity contribution in [2.45, 2.75) is 196 Å². The second-order valence-electron chi connectivity index (χ2n) is 20.9. The molecule has 0 amide bonds. The Morgan fingerprint density at radius 2 is 0.507 bits per heavy atom. The lowest BCUT2D eigenvalue weighted by Crippen LogP contribution is -2.19. The number of aromatic nitrogens is 4. The van der Waals surface area contributed by atoms with Crippen LogP contribution in [0.15, 0.2) is 140 Å². The number of unbranched alkanes of at least 4 members (excludes halogenated alkanes) is 12. The second-order valence-corrected chi connectivity index (χ2v) is 20.9. The molecule has 0 saturated carbocycles. The molecule has 0 atom stereocenters. The van der Waals surface area contributed by atoms with E-state index in [-0.39, 0.29) is 0 Å². The first kappa shape index (κ1) is 56.4. The predicted octanol–water partition coefficient (Wildman–Crippen LogP) is 20.1. The van der Waals surface area contributed by atoms with Crippen LogP contribution >= 0.6 is 0 Å². The highest BCUT2D eigenvalue weighted by Crippen LogP contribution is 2.43. The third-order valence-corrected chi connectivity index (χ3v) is 14.6. The van der Waals surface area contributed by atoms with Crippen molar-refractivity contribution in [3.05, 3.63) is 173 Å². The molecular weight excluding hydrogens is 915 g/mol. The fourth-order valence-corrected chi connectivity index (χ4v) is 10.0. The summed E-state index contributed by atoms with van der Waals surface area (Å²) in [4.78, 5) is 28.4. The number of rotatable bonds is 33. The summed E-state index contributed by atoms with van der Waals surface area (Å²) in [6.07, 6.45) is 34.0. The number of aryl methyl sites for hydroxylation is 6. The minimum Gasteiger partial charge on any atom is -0.295 e. The molecule has 0 saturated heterocycles. The fourth-order valence-electron chi connectivity index (χ4n) is 10.0. The highest BCUT2D eigenvalue weighted by atomic mass is 15.3. The Balaban J connectivity index is 1.47. The first-order valence-electron chi connectivity index (χ1n) is 29.5. The highest BCUT2D eigenvalue weighted by molar-refractivity contribution is 5.84. The molecule has 0 bridgehead atoms. The van der Waals surface area contributed by atoms with Crippen molar-refractivity contribution in [3.8, 4) is 0 Å². The van der Waals surface area contributed by atoms with Gasteiger partial charge in [0, 0.05) is 47.8 Å². The molecule has 0 N–H and O–H groups in total. The van der Waals surface area contributed by atoms with E-state index in [9.17, 15) is 0 Å². The lowest BCUT2D eigenvalue weighted by atomic mass is 10.1. The van der Waals surface area contributed by atoms with E-state index in [1.54, 1.807) is 0 Å². The van der Waals surface area contributed by atoms with Crippen LogP contribution in [0, 0.1) is 0 Å². The second kappa shape index (κ2) is 30.9. The Labute approximate surface area is 453 Å². The normalized spacial score (nSPS) is 11.3. The van der Waals surface area contributed by atoms with Crippen molar-refractivity contribution in [3.63, 3.8) is 0 Å². The Morgan fingerprint density at radius 1 is 0.253 bits per heavy atom. The van der Waals surface area contributed by atoms with Gasteiger partial charge in [0.25, 0.3) is 0 Å². The first-order chi connectivity index (χ1) is 36.9. The molecule has 7 aromatic rings. The standard InChI is InChI=1S/C68H89N7/c1-7-13-19-25-54-31-40-60(41-32-54)73(64-46-37-57(51-69-64)28-22-16-10-4)63-49-67(74(61-42-33-55(34-43-61)26-20-14-8-2)65-47-38-58(52-70-65)29-23-17-11-5)72-68(50-63)75(62-44-35-56(36-45-62)27-21-15-9-3)66-48-39-59(53-71-66)30-24-18-12-6/h31-53H,7-30H2,1-6H3. The summed E-state index contributed by atoms with van der Waals surface area (Å²) in [6.45, 7) is 13.6. The molecule has 0 fully saturated rings. The summed E-state index contributed by atoms with van der Waals surface area (Å²) in [5, 5.41) is 0. The van der Waals surface area contributed by atoms with Crippen LogP contribution < -0.4 is 14.7 Å². The number of anilines is 9. The summed E-state index contributed by atoms with van der Waals surface area (Å²) in [5.41, 5.74) is 11.8. The Kier molecular flexibility index (Phi) is 23.2. The maximum absolute atomic E-state index is 5.78. The molecule has 0 aliphatic rings. The predicted molar refractivity (Wildman–Crippen MR) is 321 cm³/mol. The highest BCUT2D eigenvalue weighted by Gasteiger charge is 2.25. The monoisotopic (exact) mass is 1000 g/mol. The zero-order valence-electron chi connectivity index (χ0n) is 46.9. The zero-order valence-corrected chi connectivity index (χ0v) is 46.9. The molecule has 0 aliphatic carbocycles. The number of benzene rings is 3. The number of nitrogens with zero attached hydrogens (tertiary/aromatic N) is 7. The molecule has 7 heteroatoms. The zero-order chi connectivity index (χ0) is 52.5. The van der Waals surface area contributed by atoms with Crippen molar-refractivity contribution in [1.82, 2.24) is 19.9 Å². The first-order valence-corrected chi connectivity index (χ1v) is 29.5. The van der Waals surface area contributed by atoms with E-state index in [4.69, 9.17) is 19.9 Å². The quantitative estimate of drug-likeness (QED) is 0.0380. The molecule has 0 aliphatic heterocycles. The SMILES string of the molecule is CCCCCc1ccc(N(c2cc(N(c3ccc(CCCCC)cc3)c3ccc(CCCCC)cn3)nc(N(c3ccc(CCCCC)cc3)c3ccc(CCCCC)cn3)c2)c2ccc(CCCCC)cn2)cc1. The van der Waals surface area contributed by atoms with Crippen LogP contribution in [-0.4, -0.2) is 19.9 Å². The molecule has 4 heterocycles. The van der Waals surface area contributed by atoms with Gasteiger partial charge >= 0.3 is 0 Å². The smallest absolute Gasteiger partial charge is 0.143 e. The third-order valence-electron chi connectivity index (χ3n) is 14.6. The topological polar surface area (TPSA) is 61.3 Å². The molecule has 3 aromatic carbocycles. The molecule has 0 spiro atoms. The average Bonchev–Trinajstić information content (AvgIpc) is 3.45. The fraction of sp³-hybridized carbons (Fsp3) is 0.441. The van der Waals surface area contributed by atoms with Crippen molar-refractivity contribution in [2.24, 2.45) is 0 Å². The van der Waals surface area contributed by atoms with Gasteiger partial charge in [-0.1, -0.05) is 173 Å². The largest absolute Gasteiger partial charge is 0.295 e. The van der Waals surface area contributed by atoms with Crippen molar-refractivity contribution < 1.29 is 0 Å². The summed E-state index contributed by atoms with van der Waals surface area (Å²) < 4.78 is 0. The minimum absolute atomic E-state index is 0.752. The van der Waals surface area contributed by atoms with E-state index in [0.29, 0.717) is 0 Å². The van der Waals surface area contributed by atoms with Gasteiger partial charge in [0.05, 0.1) is 5.69 Å².